The predicted molar refractivity (Wildman–Crippen MR) is 104 cm³/mol. The third-order valence-electron chi connectivity index (χ3n) is 5.73. The molecular weight excluding hydrogens is 399 g/mol. The van der Waals surface area contributed by atoms with Crippen LogP contribution in [0.2, 0.25) is 0 Å². The summed E-state index contributed by atoms with van der Waals surface area (Å²) in [4.78, 5) is 10.5. The van der Waals surface area contributed by atoms with Gasteiger partial charge < -0.3 is 25.0 Å². The number of halogens is 3. The second-order valence-electron chi connectivity index (χ2n) is 7.70. The lowest BCUT2D eigenvalue weighted by atomic mass is 9.97. The number of morpholine rings is 1. The number of nitrogens with one attached hydrogen (secondary N) is 2. The minimum atomic E-state index is -4.63. The summed E-state index contributed by atoms with van der Waals surface area (Å²) in [6.45, 7) is 5.55. The summed E-state index contributed by atoms with van der Waals surface area (Å²) in [6.07, 6.45) is -3.61. The minimum Gasteiger partial charge on any atom is -0.481 e. The van der Waals surface area contributed by atoms with Crippen molar-refractivity contribution < 1.29 is 22.6 Å². The molecule has 2 aromatic heterocycles. The van der Waals surface area contributed by atoms with E-state index in [2.05, 4.69) is 25.5 Å². The molecule has 7 nitrogen and oxygen atoms in total. The molecule has 0 spiro atoms. The van der Waals surface area contributed by atoms with Gasteiger partial charge in [-0.05, 0) is 19.1 Å². The number of nitrogens with zero attached hydrogens (tertiary/aromatic N) is 3. The van der Waals surface area contributed by atoms with Gasteiger partial charge in [-0.25, -0.2) is 9.97 Å². The van der Waals surface area contributed by atoms with E-state index in [9.17, 15) is 13.2 Å². The molecule has 0 aliphatic carbocycles. The Labute approximate surface area is 171 Å². The van der Waals surface area contributed by atoms with E-state index in [1.165, 1.54) is 0 Å². The zero-order chi connectivity index (χ0) is 20.9. The molecule has 5 rings (SSSR count). The van der Waals surface area contributed by atoms with Gasteiger partial charge in [-0.1, -0.05) is 0 Å². The van der Waals surface area contributed by atoms with Gasteiger partial charge in [-0.15, -0.1) is 0 Å². The van der Waals surface area contributed by atoms with E-state index in [0.717, 1.165) is 11.3 Å². The third-order valence-corrected chi connectivity index (χ3v) is 5.73. The van der Waals surface area contributed by atoms with Gasteiger partial charge in [0.15, 0.2) is 11.4 Å². The Kier molecular flexibility index (Phi) is 4.70. The summed E-state index contributed by atoms with van der Waals surface area (Å²) in [5.41, 5.74) is 1.27. The molecule has 1 unspecified atom stereocenters. The van der Waals surface area contributed by atoms with E-state index in [4.69, 9.17) is 9.47 Å². The van der Waals surface area contributed by atoms with E-state index in [1.54, 1.807) is 19.2 Å². The van der Waals surface area contributed by atoms with Crippen LogP contribution in [0.5, 0.6) is 5.75 Å². The quantitative estimate of drug-likeness (QED) is 0.772. The van der Waals surface area contributed by atoms with Gasteiger partial charge in [-0.3, -0.25) is 0 Å². The first-order valence-corrected chi connectivity index (χ1v) is 10.00. The van der Waals surface area contributed by atoms with Crippen LogP contribution in [0.25, 0.3) is 0 Å². The van der Waals surface area contributed by atoms with E-state index < -0.39 is 18.0 Å². The number of anilines is 3. The molecule has 0 bridgehead atoms. The largest absolute Gasteiger partial charge is 0.481 e. The Hall–Kier alpha value is -2.59. The molecule has 1 atom stereocenters. The number of ether oxygens (including phenoxy) is 2. The van der Waals surface area contributed by atoms with Crippen molar-refractivity contribution in [2.75, 3.05) is 49.6 Å². The first-order valence-electron chi connectivity index (χ1n) is 10.00. The van der Waals surface area contributed by atoms with Crippen molar-refractivity contribution in [2.45, 2.75) is 25.1 Å². The standard InChI is InChI=1S/C20H22F3N5O2/c1-11-16-15(28-4-6-29-7-5-28)2-3-25-19(16)27-14-8-13(12-9-24-10-12)26-18(17(14)30-11)20(21,22)23/h2-3,8,11-12,24H,4-7,9-10H2,1H3,(H,25,27). The monoisotopic (exact) mass is 421 g/mol. The van der Waals surface area contributed by atoms with Gasteiger partial charge in [-0.2, -0.15) is 13.2 Å². The molecule has 2 fully saturated rings. The molecule has 0 saturated carbocycles. The lowest BCUT2D eigenvalue weighted by Gasteiger charge is -2.31. The molecular formula is C20H22F3N5O2. The third kappa shape index (κ3) is 3.33. The maximum absolute atomic E-state index is 13.9. The second kappa shape index (κ2) is 7.28. The Bertz CT molecular complexity index is 958. The van der Waals surface area contributed by atoms with Gasteiger partial charge in [0, 0.05) is 49.7 Å². The van der Waals surface area contributed by atoms with Crippen LogP contribution < -0.4 is 20.3 Å². The summed E-state index contributed by atoms with van der Waals surface area (Å²) in [5, 5.41) is 6.19. The maximum Gasteiger partial charge on any atom is 0.437 e. The summed E-state index contributed by atoms with van der Waals surface area (Å²) in [6, 6.07) is 3.52. The number of pyridine rings is 2. The smallest absolute Gasteiger partial charge is 0.437 e. The van der Waals surface area contributed by atoms with Gasteiger partial charge >= 0.3 is 6.18 Å². The molecule has 3 aliphatic rings. The zero-order valence-electron chi connectivity index (χ0n) is 16.4. The maximum atomic E-state index is 13.9. The highest BCUT2D eigenvalue weighted by Gasteiger charge is 2.41. The van der Waals surface area contributed by atoms with Gasteiger partial charge in [0.2, 0.25) is 0 Å². The van der Waals surface area contributed by atoms with E-state index in [0.29, 0.717) is 50.9 Å². The molecule has 5 heterocycles. The molecule has 2 aromatic rings. The number of rotatable bonds is 2. The van der Waals surface area contributed by atoms with Crippen molar-refractivity contribution in [1.82, 2.24) is 15.3 Å². The highest BCUT2D eigenvalue weighted by molar-refractivity contribution is 5.75. The van der Waals surface area contributed by atoms with Crippen LogP contribution >= 0.6 is 0 Å². The Morgan fingerprint density at radius 2 is 1.97 bits per heavy atom. The molecule has 2 saturated heterocycles. The summed E-state index contributed by atoms with van der Waals surface area (Å²) in [7, 11) is 0. The molecule has 0 radical (unpaired) electrons. The van der Waals surface area contributed by atoms with Gasteiger partial charge in [0.1, 0.15) is 11.9 Å². The second-order valence-corrected chi connectivity index (χ2v) is 7.70. The lowest BCUT2D eigenvalue weighted by molar-refractivity contribution is -0.143. The van der Waals surface area contributed by atoms with Gasteiger partial charge in [0.05, 0.1) is 24.5 Å². The van der Waals surface area contributed by atoms with E-state index in [-0.39, 0.29) is 17.4 Å². The average Bonchev–Trinajstić information content (AvgIpc) is 2.82. The fraction of sp³-hybridized carbons (Fsp3) is 0.500. The molecule has 3 aliphatic heterocycles. The Morgan fingerprint density at radius 1 is 1.20 bits per heavy atom. The summed E-state index contributed by atoms with van der Waals surface area (Å²) >= 11 is 0. The first kappa shape index (κ1) is 19.4. The van der Waals surface area contributed by atoms with Crippen LogP contribution in [0.4, 0.5) is 30.4 Å². The van der Waals surface area contributed by atoms with Crippen LogP contribution in [0.15, 0.2) is 18.3 Å². The Morgan fingerprint density at radius 3 is 2.63 bits per heavy atom. The van der Waals surface area contributed by atoms with E-state index >= 15 is 0 Å². The topological polar surface area (TPSA) is 71.5 Å². The normalized spacial score (nSPS) is 21.6. The molecule has 30 heavy (non-hydrogen) atoms. The fourth-order valence-electron chi connectivity index (χ4n) is 4.07. The Balaban J connectivity index is 1.61. The van der Waals surface area contributed by atoms with Crippen LogP contribution in [0.3, 0.4) is 0 Å². The molecule has 10 heteroatoms. The number of aromatic nitrogens is 2. The average molecular weight is 421 g/mol. The fourth-order valence-corrected chi connectivity index (χ4v) is 4.07. The zero-order valence-corrected chi connectivity index (χ0v) is 16.4. The predicted octanol–water partition coefficient (Wildman–Crippen LogP) is 3.22. The molecule has 2 N–H and O–H groups in total. The number of hydrogen-bond donors (Lipinski definition) is 2. The summed E-state index contributed by atoms with van der Waals surface area (Å²) < 4.78 is 53.0. The van der Waals surface area contributed by atoms with E-state index in [1.807, 2.05) is 6.07 Å². The SMILES string of the molecule is CC1Oc2c(cc(C3CNC3)nc2C(F)(F)F)Nc2nccc(N3CCOCC3)c21. The van der Waals surface area contributed by atoms with Crippen molar-refractivity contribution in [1.29, 1.82) is 0 Å². The highest BCUT2D eigenvalue weighted by atomic mass is 19.4. The molecule has 0 amide bonds. The number of fused-ring (bicyclic) bond motifs is 2. The van der Waals surface area contributed by atoms with Gasteiger partial charge in [0.25, 0.3) is 0 Å². The number of alkyl halides is 3. The highest BCUT2D eigenvalue weighted by Crippen LogP contribution is 2.47. The van der Waals surface area contributed by atoms with Crippen LogP contribution in [0.1, 0.15) is 35.9 Å². The first-order chi connectivity index (χ1) is 14.4. The van der Waals surface area contributed by atoms with Crippen LogP contribution in [-0.4, -0.2) is 49.4 Å². The summed E-state index contributed by atoms with van der Waals surface area (Å²) in [5.74, 6) is 0.171. The van der Waals surface area contributed by atoms with Crippen LogP contribution in [0, 0.1) is 0 Å². The minimum absolute atomic E-state index is 0.0500. The van der Waals surface area contributed by atoms with Crippen molar-refractivity contribution in [3.05, 3.63) is 35.3 Å². The number of hydrogen-bond acceptors (Lipinski definition) is 7. The van der Waals surface area contributed by atoms with Crippen molar-refractivity contribution in [2.24, 2.45) is 0 Å². The van der Waals surface area contributed by atoms with Crippen LogP contribution in [-0.2, 0) is 10.9 Å². The molecule has 0 aromatic carbocycles. The van der Waals surface area contributed by atoms with Crippen molar-refractivity contribution >= 4 is 17.2 Å². The van der Waals surface area contributed by atoms with Crippen molar-refractivity contribution in [3.63, 3.8) is 0 Å². The lowest BCUT2D eigenvalue weighted by Crippen LogP contribution is -2.40. The van der Waals surface area contributed by atoms with Crippen molar-refractivity contribution in [3.8, 4) is 5.75 Å². The molecule has 160 valence electrons.